The molecule has 0 aliphatic heterocycles. The second-order valence-corrected chi connectivity index (χ2v) is 6.53. The maximum absolute atomic E-state index is 12.6. The summed E-state index contributed by atoms with van der Waals surface area (Å²) in [5.74, 6) is 0.679. The Morgan fingerprint density at radius 2 is 2.15 bits per heavy atom. The van der Waals surface area contributed by atoms with Gasteiger partial charge in [-0.05, 0) is 19.9 Å². The van der Waals surface area contributed by atoms with E-state index < -0.39 is 16.6 Å². The molecule has 2 N–H and O–H groups in total. The van der Waals surface area contributed by atoms with Crippen molar-refractivity contribution in [3.63, 3.8) is 0 Å². The third kappa shape index (κ3) is 2.49. The molecular weight excluding hydrogens is 282 g/mol. The number of nitrogens with one attached hydrogen (secondary N) is 1. The lowest BCUT2D eigenvalue weighted by Gasteiger charge is -2.17. The summed E-state index contributed by atoms with van der Waals surface area (Å²) in [6.45, 7) is 3.14. The predicted molar refractivity (Wildman–Crippen MR) is 71.3 cm³/mol. The highest BCUT2D eigenvalue weighted by atomic mass is 32.2. The summed E-state index contributed by atoms with van der Waals surface area (Å²) >= 11 is 0. The number of aliphatic hydroxyl groups excluding tert-OH is 1. The van der Waals surface area contributed by atoms with E-state index in [0.29, 0.717) is 11.5 Å². The van der Waals surface area contributed by atoms with Crippen LogP contribution >= 0.6 is 0 Å². The number of aromatic nitrogens is 2. The van der Waals surface area contributed by atoms with Crippen LogP contribution in [0.4, 0.5) is 0 Å². The normalized spacial score (nSPS) is 12.2. The van der Waals surface area contributed by atoms with Gasteiger partial charge in [0.15, 0.2) is 0 Å². The summed E-state index contributed by atoms with van der Waals surface area (Å²) in [5.41, 5.74) is 1.32. The van der Waals surface area contributed by atoms with Crippen molar-refractivity contribution in [2.75, 3.05) is 7.05 Å². The zero-order valence-electron chi connectivity index (χ0n) is 11.5. The number of sulfonamides is 1. The number of aromatic amines is 1. The van der Waals surface area contributed by atoms with Gasteiger partial charge in [0.1, 0.15) is 16.3 Å². The number of aryl methyl sites for hydroxylation is 2. The van der Waals surface area contributed by atoms with Gasteiger partial charge >= 0.3 is 0 Å². The van der Waals surface area contributed by atoms with Crippen molar-refractivity contribution in [1.29, 1.82) is 0 Å². The Morgan fingerprint density at radius 3 is 2.70 bits per heavy atom. The van der Waals surface area contributed by atoms with Crippen molar-refractivity contribution in [3.8, 4) is 0 Å². The standard InChI is InChI=1S/C12H17N3O4S/c1-8-12(11(7-16)14-13-8)20(17,18)15(3)6-10-4-5-19-9(10)2/h4-5,16H,6-7H2,1-3H3,(H,13,14). The molecule has 0 saturated carbocycles. The van der Waals surface area contributed by atoms with Gasteiger partial charge < -0.3 is 9.52 Å². The van der Waals surface area contributed by atoms with Crippen LogP contribution in [0.3, 0.4) is 0 Å². The first-order chi connectivity index (χ1) is 9.37. The number of H-pyrrole nitrogens is 1. The first-order valence-electron chi connectivity index (χ1n) is 6.02. The van der Waals surface area contributed by atoms with Crippen molar-refractivity contribution in [1.82, 2.24) is 14.5 Å². The maximum Gasteiger partial charge on any atom is 0.246 e. The van der Waals surface area contributed by atoms with E-state index in [4.69, 9.17) is 4.42 Å². The summed E-state index contributed by atoms with van der Waals surface area (Å²) < 4.78 is 31.5. The minimum atomic E-state index is -3.72. The molecule has 0 bridgehead atoms. The van der Waals surface area contributed by atoms with E-state index in [2.05, 4.69) is 10.2 Å². The second-order valence-electron chi connectivity index (χ2n) is 4.55. The molecule has 0 fully saturated rings. The minimum absolute atomic E-state index is 0.0312. The number of hydrogen-bond donors (Lipinski definition) is 2. The van der Waals surface area contributed by atoms with Crippen LogP contribution in [-0.4, -0.2) is 35.1 Å². The Kier molecular flexibility index (Phi) is 3.98. The number of nitrogens with zero attached hydrogens (tertiary/aromatic N) is 2. The Morgan fingerprint density at radius 1 is 1.45 bits per heavy atom. The fourth-order valence-corrected chi connectivity index (χ4v) is 3.44. The quantitative estimate of drug-likeness (QED) is 0.855. The first kappa shape index (κ1) is 14.8. The third-order valence-corrected chi connectivity index (χ3v) is 5.15. The van der Waals surface area contributed by atoms with Crippen LogP contribution in [0.1, 0.15) is 22.7 Å². The van der Waals surface area contributed by atoms with Gasteiger partial charge in [-0.3, -0.25) is 5.10 Å². The van der Waals surface area contributed by atoms with Crippen LogP contribution < -0.4 is 0 Å². The molecule has 20 heavy (non-hydrogen) atoms. The van der Waals surface area contributed by atoms with Gasteiger partial charge in [-0.25, -0.2) is 8.42 Å². The molecule has 8 heteroatoms. The molecule has 2 rings (SSSR count). The smallest absolute Gasteiger partial charge is 0.246 e. The van der Waals surface area contributed by atoms with E-state index in [0.717, 1.165) is 5.56 Å². The van der Waals surface area contributed by atoms with Gasteiger partial charge in [-0.1, -0.05) is 0 Å². The van der Waals surface area contributed by atoms with Gasteiger partial charge in [-0.15, -0.1) is 0 Å². The van der Waals surface area contributed by atoms with Gasteiger partial charge in [0, 0.05) is 19.2 Å². The fraction of sp³-hybridized carbons (Fsp3) is 0.417. The van der Waals surface area contributed by atoms with E-state index in [9.17, 15) is 13.5 Å². The lowest BCUT2D eigenvalue weighted by atomic mass is 10.3. The van der Waals surface area contributed by atoms with Gasteiger partial charge in [0.05, 0.1) is 18.6 Å². The van der Waals surface area contributed by atoms with Crippen LogP contribution in [0.5, 0.6) is 0 Å². The predicted octanol–water partition coefficient (Wildman–Crippen LogP) is 0.933. The highest BCUT2D eigenvalue weighted by molar-refractivity contribution is 7.89. The van der Waals surface area contributed by atoms with E-state index >= 15 is 0 Å². The zero-order valence-corrected chi connectivity index (χ0v) is 12.4. The summed E-state index contributed by atoms with van der Waals surface area (Å²) in [6, 6.07) is 1.73. The zero-order chi connectivity index (χ0) is 14.9. The van der Waals surface area contributed by atoms with Crippen molar-refractivity contribution in [2.24, 2.45) is 0 Å². The number of hydrogen-bond acceptors (Lipinski definition) is 5. The molecule has 0 aliphatic carbocycles. The highest BCUT2D eigenvalue weighted by Gasteiger charge is 2.28. The summed E-state index contributed by atoms with van der Waals surface area (Å²) in [4.78, 5) is 0.0312. The lowest BCUT2D eigenvalue weighted by molar-refractivity contribution is 0.273. The fourth-order valence-electron chi connectivity index (χ4n) is 1.97. The van der Waals surface area contributed by atoms with Crippen molar-refractivity contribution in [3.05, 3.63) is 35.0 Å². The Labute approximate surface area is 117 Å². The molecule has 7 nitrogen and oxygen atoms in total. The van der Waals surface area contributed by atoms with Crippen LogP contribution in [0.25, 0.3) is 0 Å². The Balaban J connectivity index is 2.35. The number of rotatable bonds is 5. The SMILES string of the molecule is Cc1[nH]nc(CO)c1S(=O)(=O)N(C)Cc1ccoc1C. The Hall–Kier alpha value is -1.64. The largest absolute Gasteiger partial charge is 0.469 e. The molecule has 2 aromatic rings. The third-order valence-electron chi connectivity index (χ3n) is 3.14. The molecule has 0 atom stereocenters. The Bertz CT molecular complexity index is 702. The molecule has 0 aromatic carbocycles. The highest BCUT2D eigenvalue weighted by Crippen LogP contribution is 2.23. The van der Waals surface area contributed by atoms with E-state index in [1.807, 2.05) is 0 Å². The number of aliphatic hydroxyl groups is 1. The van der Waals surface area contributed by atoms with E-state index in [-0.39, 0.29) is 17.1 Å². The van der Waals surface area contributed by atoms with Gasteiger partial charge in [0.25, 0.3) is 0 Å². The van der Waals surface area contributed by atoms with Crippen LogP contribution in [0.15, 0.2) is 21.6 Å². The van der Waals surface area contributed by atoms with Gasteiger partial charge in [-0.2, -0.15) is 9.40 Å². The van der Waals surface area contributed by atoms with E-state index in [1.165, 1.54) is 17.6 Å². The molecule has 0 aliphatic rings. The maximum atomic E-state index is 12.6. The molecular formula is C12H17N3O4S. The van der Waals surface area contributed by atoms with Crippen molar-refractivity contribution >= 4 is 10.0 Å². The molecule has 2 heterocycles. The summed E-state index contributed by atoms with van der Waals surface area (Å²) in [7, 11) is -2.24. The molecule has 110 valence electrons. The van der Waals surface area contributed by atoms with E-state index in [1.54, 1.807) is 19.9 Å². The lowest BCUT2D eigenvalue weighted by Crippen LogP contribution is -2.27. The summed E-state index contributed by atoms with van der Waals surface area (Å²) in [5, 5.41) is 15.6. The molecule has 0 unspecified atom stereocenters. The van der Waals surface area contributed by atoms with Crippen LogP contribution in [0, 0.1) is 13.8 Å². The molecule has 0 radical (unpaired) electrons. The van der Waals surface area contributed by atoms with Crippen LogP contribution in [-0.2, 0) is 23.2 Å². The minimum Gasteiger partial charge on any atom is -0.469 e. The number of furan rings is 1. The average molecular weight is 299 g/mol. The van der Waals surface area contributed by atoms with Crippen LogP contribution in [0.2, 0.25) is 0 Å². The molecule has 0 saturated heterocycles. The molecule has 0 amide bonds. The summed E-state index contributed by atoms with van der Waals surface area (Å²) in [6.07, 6.45) is 1.52. The topological polar surface area (TPSA) is 99.4 Å². The molecule has 2 aromatic heterocycles. The second kappa shape index (κ2) is 5.39. The van der Waals surface area contributed by atoms with Crippen molar-refractivity contribution < 1.29 is 17.9 Å². The average Bonchev–Trinajstić information content (AvgIpc) is 2.96. The first-order valence-corrected chi connectivity index (χ1v) is 7.46. The molecule has 0 spiro atoms. The monoisotopic (exact) mass is 299 g/mol. The van der Waals surface area contributed by atoms with Crippen molar-refractivity contribution in [2.45, 2.75) is 31.9 Å². The van der Waals surface area contributed by atoms with Gasteiger partial charge in [0.2, 0.25) is 10.0 Å².